The molecule has 0 spiro atoms. The molecular weight excluding hydrogens is 328 g/mol. The molecule has 0 N–H and O–H groups in total. The minimum Gasteiger partial charge on any atom is -0.236 e. The Labute approximate surface area is 166 Å². The predicted molar refractivity (Wildman–Crippen MR) is 117 cm³/mol. The molecule has 0 saturated carbocycles. The molecule has 1 aromatic heterocycles. The van der Waals surface area contributed by atoms with Gasteiger partial charge in [0.05, 0.1) is 0 Å². The van der Waals surface area contributed by atoms with Gasteiger partial charge in [0.1, 0.15) is 0 Å². The lowest BCUT2D eigenvalue weighted by Gasteiger charge is -2.06. The molecule has 27 heavy (non-hydrogen) atoms. The third kappa shape index (κ3) is 8.69. The first-order valence-corrected chi connectivity index (χ1v) is 11.1. The maximum Gasteiger partial charge on any atom is 0.159 e. The monoisotopic (exact) mass is 366 g/mol. The van der Waals surface area contributed by atoms with E-state index in [1.165, 1.54) is 75.3 Å². The van der Waals surface area contributed by atoms with Crippen LogP contribution >= 0.6 is 0 Å². The molecule has 0 aliphatic carbocycles. The number of rotatable bonds is 13. The summed E-state index contributed by atoms with van der Waals surface area (Å²) >= 11 is 0. The van der Waals surface area contributed by atoms with E-state index in [0.29, 0.717) is 0 Å². The lowest BCUT2D eigenvalue weighted by atomic mass is 10.0. The molecule has 2 rings (SSSR count). The van der Waals surface area contributed by atoms with Gasteiger partial charge in [-0.1, -0.05) is 90.0 Å². The number of hydrogen-bond donors (Lipinski definition) is 0. The summed E-state index contributed by atoms with van der Waals surface area (Å²) in [4.78, 5) is 9.12. The molecule has 148 valence electrons. The van der Waals surface area contributed by atoms with Crippen molar-refractivity contribution in [1.29, 1.82) is 0 Å². The summed E-state index contributed by atoms with van der Waals surface area (Å²) < 4.78 is 0. The average molecular weight is 367 g/mol. The molecule has 0 unspecified atom stereocenters. The first-order valence-electron chi connectivity index (χ1n) is 11.1. The van der Waals surface area contributed by atoms with E-state index in [1.807, 2.05) is 12.4 Å². The zero-order chi connectivity index (χ0) is 19.3. The molecule has 1 heterocycles. The van der Waals surface area contributed by atoms with Gasteiger partial charge >= 0.3 is 0 Å². The quantitative estimate of drug-likeness (QED) is 0.345. The Morgan fingerprint density at radius 2 is 1.30 bits per heavy atom. The number of aromatic nitrogens is 2. The van der Waals surface area contributed by atoms with Crippen LogP contribution in [-0.4, -0.2) is 9.97 Å². The van der Waals surface area contributed by atoms with E-state index in [2.05, 4.69) is 55.0 Å². The Morgan fingerprint density at radius 3 is 1.96 bits per heavy atom. The molecule has 0 aliphatic rings. The Hall–Kier alpha value is -1.70. The fourth-order valence-corrected chi connectivity index (χ4v) is 3.44. The van der Waals surface area contributed by atoms with Crippen molar-refractivity contribution in [1.82, 2.24) is 9.97 Å². The Kier molecular flexibility index (Phi) is 10.1. The van der Waals surface area contributed by atoms with Gasteiger partial charge in [0.2, 0.25) is 0 Å². The van der Waals surface area contributed by atoms with Gasteiger partial charge in [-0.3, -0.25) is 0 Å². The van der Waals surface area contributed by atoms with Crippen molar-refractivity contribution in [3.8, 4) is 11.4 Å². The fraction of sp³-hybridized carbons (Fsp3) is 0.600. The highest BCUT2D eigenvalue weighted by atomic mass is 14.9. The van der Waals surface area contributed by atoms with Gasteiger partial charge in [-0.25, -0.2) is 9.97 Å². The van der Waals surface area contributed by atoms with Gasteiger partial charge in [0.25, 0.3) is 0 Å². The molecule has 2 heteroatoms. The molecule has 1 aromatic carbocycles. The predicted octanol–water partition coefficient (Wildman–Crippen LogP) is 7.42. The highest BCUT2D eigenvalue weighted by Crippen LogP contribution is 2.18. The summed E-state index contributed by atoms with van der Waals surface area (Å²) in [5.41, 5.74) is 3.79. The van der Waals surface area contributed by atoms with Crippen LogP contribution in [0, 0.1) is 5.92 Å². The van der Waals surface area contributed by atoms with E-state index in [-0.39, 0.29) is 0 Å². The van der Waals surface area contributed by atoms with Gasteiger partial charge < -0.3 is 0 Å². The SMILES string of the molecule is CCCCCc1cnc(-c2ccc(CCCCCCCC(C)C)cc2)nc1. The second-order valence-electron chi connectivity index (χ2n) is 8.27. The van der Waals surface area contributed by atoms with Crippen LogP contribution in [0.5, 0.6) is 0 Å². The highest BCUT2D eigenvalue weighted by Gasteiger charge is 2.03. The summed E-state index contributed by atoms with van der Waals surface area (Å²) in [6.07, 6.45) is 18.2. The second-order valence-corrected chi connectivity index (χ2v) is 8.27. The van der Waals surface area contributed by atoms with Crippen LogP contribution in [0.15, 0.2) is 36.7 Å². The molecular formula is C25H38N2. The minimum atomic E-state index is 0.839. The lowest BCUT2D eigenvalue weighted by Crippen LogP contribution is -1.94. The van der Waals surface area contributed by atoms with Gasteiger partial charge in [-0.2, -0.15) is 0 Å². The molecule has 0 amide bonds. The van der Waals surface area contributed by atoms with Gasteiger partial charge in [-0.05, 0) is 42.7 Å². The van der Waals surface area contributed by atoms with Crippen LogP contribution in [0.2, 0.25) is 0 Å². The largest absolute Gasteiger partial charge is 0.236 e. The van der Waals surface area contributed by atoms with E-state index >= 15 is 0 Å². The molecule has 0 radical (unpaired) electrons. The minimum absolute atomic E-state index is 0.839. The average Bonchev–Trinajstić information content (AvgIpc) is 2.68. The Balaban J connectivity index is 1.71. The molecule has 2 nitrogen and oxygen atoms in total. The van der Waals surface area contributed by atoms with Crippen molar-refractivity contribution >= 4 is 0 Å². The van der Waals surface area contributed by atoms with Crippen LogP contribution in [0.3, 0.4) is 0 Å². The number of benzene rings is 1. The Morgan fingerprint density at radius 1 is 0.704 bits per heavy atom. The fourth-order valence-electron chi connectivity index (χ4n) is 3.44. The summed E-state index contributed by atoms with van der Waals surface area (Å²) in [7, 11) is 0. The Bertz CT molecular complexity index is 614. The van der Waals surface area contributed by atoms with Crippen molar-refractivity contribution in [3.05, 3.63) is 47.8 Å². The van der Waals surface area contributed by atoms with Crippen molar-refractivity contribution in [2.45, 2.75) is 91.4 Å². The number of aryl methyl sites for hydroxylation is 2. The van der Waals surface area contributed by atoms with Crippen LogP contribution < -0.4 is 0 Å². The first-order chi connectivity index (χ1) is 13.2. The maximum atomic E-state index is 4.56. The maximum absolute atomic E-state index is 4.56. The van der Waals surface area contributed by atoms with Crippen LogP contribution in [0.4, 0.5) is 0 Å². The standard InChI is InChI=1S/C25H38N2/c1-4-5-9-14-23-19-26-25(27-20-23)24-17-15-22(16-18-24)13-11-8-6-7-10-12-21(2)3/h15-21H,4-14H2,1-3H3. The van der Waals surface area contributed by atoms with E-state index in [9.17, 15) is 0 Å². The second kappa shape index (κ2) is 12.6. The number of hydrogen-bond acceptors (Lipinski definition) is 2. The smallest absolute Gasteiger partial charge is 0.159 e. The molecule has 0 fully saturated rings. The molecule has 0 aliphatic heterocycles. The van der Waals surface area contributed by atoms with Crippen LogP contribution in [-0.2, 0) is 12.8 Å². The summed E-state index contributed by atoms with van der Waals surface area (Å²) in [5, 5.41) is 0. The van der Waals surface area contributed by atoms with Crippen LogP contribution in [0.1, 0.15) is 89.7 Å². The summed E-state index contributed by atoms with van der Waals surface area (Å²) in [6.45, 7) is 6.87. The molecule has 2 aromatic rings. The third-order valence-corrected chi connectivity index (χ3v) is 5.23. The topological polar surface area (TPSA) is 25.8 Å². The zero-order valence-electron chi connectivity index (χ0n) is 17.7. The third-order valence-electron chi connectivity index (χ3n) is 5.23. The molecule has 0 atom stereocenters. The van der Waals surface area contributed by atoms with Crippen molar-refractivity contribution in [2.24, 2.45) is 5.92 Å². The molecule has 0 saturated heterocycles. The lowest BCUT2D eigenvalue weighted by molar-refractivity contribution is 0.515. The van der Waals surface area contributed by atoms with Crippen molar-refractivity contribution in [3.63, 3.8) is 0 Å². The normalized spacial score (nSPS) is 11.3. The van der Waals surface area contributed by atoms with E-state index in [0.717, 1.165) is 23.7 Å². The zero-order valence-corrected chi connectivity index (χ0v) is 17.7. The van der Waals surface area contributed by atoms with E-state index in [1.54, 1.807) is 0 Å². The van der Waals surface area contributed by atoms with E-state index in [4.69, 9.17) is 0 Å². The highest BCUT2D eigenvalue weighted by molar-refractivity contribution is 5.55. The van der Waals surface area contributed by atoms with Crippen molar-refractivity contribution in [2.75, 3.05) is 0 Å². The van der Waals surface area contributed by atoms with Crippen LogP contribution in [0.25, 0.3) is 11.4 Å². The van der Waals surface area contributed by atoms with Gasteiger partial charge in [0.15, 0.2) is 5.82 Å². The van der Waals surface area contributed by atoms with Gasteiger partial charge in [0, 0.05) is 18.0 Å². The van der Waals surface area contributed by atoms with Gasteiger partial charge in [-0.15, -0.1) is 0 Å². The number of nitrogens with zero attached hydrogens (tertiary/aromatic N) is 2. The first kappa shape index (κ1) is 21.6. The summed E-state index contributed by atoms with van der Waals surface area (Å²) in [5.74, 6) is 1.69. The number of unbranched alkanes of at least 4 members (excludes halogenated alkanes) is 6. The summed E-state index contributed by atoms with van der Waals surface area (Å²) in [6, 6.07) is 8.83. The molecule has 0 bridgehead atoms. The van der Waals surface area contributed by atoms with Crippen molar-refractivity contribution < 1.29 is 0 Å². The van der Waals surface area contributed by atoms with E-state index < -0.39 is 0 Å².